The van der Waals surface area contributed by atoms with Gasteiger partial charge >= 0.3 is 0 Å². The van der Waals surface area contributed by atoms with Crippen LogP contribution in [0, 0.1) is 11.8 Å². The van der Waals surface area contributed by atoms with E-state index in [1.165, 1.54) is 0 Å². The van der Waals surface area contributed by atoms with Gasteiger partial charge < -0.3 is 15.7 Å². The lowest BCUT2D eigenvalue weighted by atomic mass is 9.88. The summed E-state index contributed by atoms with van der Waals surface area (Å²) >= 11 is 0. The first-order valence-electron chi connectivity index (χ1n) is 5.25. The van der Waals surface area contributed by atoms with Crippen LogP contribution in [0.4, 0.5) is 0 Å². The van der Waals surface area contributed by atoms with E-state index in [2.05, 4.69) is 10.6 Å². The average molecular weight is 237 g/mol. The molecule has 1 aliphatic heterocycles. The van der Waals surface area contributed by atoms with E-state index in [-0.39, 0.29) is 36.3 Å². The molecule has 5 heteroatoms. The molecule has 3 atom stereocenters. The first-order valence-corrected chi connectivity index (χ1v) is 5.25. The predicted octanol–water partition coefficient (Wildman–Crippen LogP) is 0.151. The van der Waals surface area contributed by atoms with Crippen molar-refractivity contribution in [2.45, 2.75) is 25.9 Å². The van der Waals surface area contributed by atoms with E-state index in [0.717, 1.165) is 25.9 Å². The summed E-state index contributed by atoms with van der Waals surface area (Å²) in [6.45, 7) is 3.59. The summed E-state index contributed by atoms with van der Waals surface area (Å²) in [5, 5.41) is 15.5. The lowest BCUT2D eigenvalue weighted by molar-refractivity contribution is -0.125. The van der Waals surface area contributed by atoms with E-state index < -0.39 is 0 Å². The highest BCUT2D eigenvalue weighted by Crippen LogP contribution is 2.20. The van der Waals surface area contributed by atoms with Crippen LogP contribution < -0.4 is 10.6 Å². The van der Waals surface area contributed by atoms with Gasteiger partial charge in [-0.2, -0.15) is 0 Å². The van der Waals surface area contributed by atoms with Crippen LogP contribution in [0.2, 0.25) is 0 Å². The third-order valence-electron chi connectivity index (χ3n) is 3.00. The van der Waals surface area contributed by atoms with Crippen LogP contribution in [-0.2, 0) is 4.79 Å². The maximum Gasteiger partial charge on any atom is 0.222 e. The van der Waals surface area contributed by atoms with E-state index in [1.807, 2.05) is 6.92 Å². The number of halogens is 1. The molecule has 0 spiro atoms. The zero-order valence-electron chi connectivity index (χ0n) is 9.32. The Balaban J connectivity index is 0.00000196. The van der Waals surface area contributed by atoms with Crippen LogP contribution in [0.25, 0.3) is 0 Å². The average Bonchev–Trinajstić information content (AvgIpc) is 2.40. The van der Waals surface area contributed by atoms with Crippen molar-refractivity contribution in [3.05, 3.63) is 0 Å². The van der Waals surface area contributed by atoms with Gasteiger partial charge in [0.25, 0.3) is 0 Å². The van der Waals surface area contributed by atoms with Gasteiger partial charge in [0, 0.05) is 13.0 Å². The molecule has 1 rings (SSSR count). The fraction of sp³-hybridized carbons (Fsp3) is 0.900. The number of hydrogen-bond acceptors (Lipinski definition) is 3. The molecular weight excluding hydrogens is 216 g/mol. The molecule has 0 aliphatic carbocycles. The van der Waals surface area contributed by atoms with Crippen molar-refractivity contribution in [1.29, 1.82) is 0 Å². The number of carbonyl (C=O) groups is 1. The second kappa shape index (κ2) is 7.04. The SMILES string of the molecule is CNC(=O)C(C)C1CNCCC(O)C1.Cl. The van der Waals surface area contributed by atoms with Crippen molar-refractivity contribution in [1.82, 2.24) is 10.6 Å². The summed E-state index contributed by atoms with van der Waals surface area (Å²) in [6.07, 6.45) is 1.25. The zero-order chi connectivity index (χ0) is 10.6. The first-order chi connectivity index (χ1) is 6.65. The van der Waals surface area contributed by atoms with Gasteiger partial charge in [-0.15, -0.1) is 12.4 Å². The molecular formula is C10H21ClN2O2. The molecule has 0 aromatic heterocycles. The number of hydrogen-bond donors (Lipinski definition) is 3. The Labute approximate surface area is 97.2 Å². The van der Waals surface area contributed by atoms with Gasteiger partial charge in [0.1, 0.15) is 0 Å². The third-order valence-corrected chi connectivity index (χ3v) is 3.00. The number of rotatable bonds is 2. The monoisotopic (exact) mass is 236 g/mol. The number of nitrogens with one attached hydrogen (secondary N) is 2. The third kappa shape index (κ3) is 4.36. The summed E-state index contributed by atoms with van der Waals surface area (Å²) in [4.78, 5) is 11.4. The van der Waals surface area contributed by atoms with Crippen LogP contribution in [0.3, 0.4) is 0 Å². The molecule has 1 fully saturated rings. The molecule has 0 radical (unpaired) electrons. The lowest BCUT2D eigenvalue weighted by Gasteiger charge is -2.22. The van der Waals surface area contributed by atoms with Gasteiger partial charge in [0.15, 0.2) is 0 Å². The van der Waals surface area contributed by atoms with Crippen LogP contribution >= 0.6 is 12.4 Å². The quantitative estimate of drug-likeness (QED) is 0.640. The summed E-state index contributed by atoms with van der Waals surface area (Å²) in [7, 11) is 1.65. The Morgan fingerprint density at radius 2 is 2.27 bits per heavy atom. The molecule has 15 heavy (non-hydrogen) atoms. The molecule has 1 aliphatic rings. The minimum absolute atomic E-state index is 0. The number of aliphatic hydroxyl groups is 1. The molecule has 3 N–H and O–H groups in total. The standard InChI is InChI=1S/C10H20N2O2.ClH/c1-7(10(14)11-2)8-5-9(13)3-4-12-6-8;/h7-9,12-13H,3-6H2,1-2H3,(H,11,14);1H. The highest BCUT2D eigenvalue weighted by atomic mass is 35.5. The Morgan fingerprint density at radius 3 is 2.87 bits per heavy atom. The first kappa shape index (κ1) is 14.7. The molecule has 90 valence electrons. The molecule has 0 bridgehead atoms. The van der Waals surface area contributed by atoms with Crippen LogP contribution in [-0.4, -0.2) is 37.3 Å². The number of amides is 1. The van der Waals surface area contributed by atoms with E-state index in [1.54, 1.807) is 7.05 Å². The van der Waals surface area contributed by atoms with Gasteiger partial charge in [0.2, 0.25) is 5.91 Å². The maximum atomic E-state index is 11.4. The molecule has 0 aromatic rings. The minimum atomic E-state index is -0.262. The van der Waals surface area contributed by atoms with Crippen LogP contribution in [0.15, 0.2) is 0 Å². The molecule has 0 saturated carbocycles. The van der Waals surface area contributed by atoms with Crippen LogP contribution in [0.5, 0.6) is 0 Å². The van der Waals surface area contributed by atoms with Gasteiger partial charge in [-0.3, -0.25) is 4.79 Å². The molecule has 1 heterocycles. The predicted molar refractivity (Wildman–Crippen MR) is 62.1 cm³/mol. The summed E-state index contributed by atoms with van der Waals surface area (Å²) in [6, 6.07) is 0. The van der Waals surface area contributed by atoms with Crippen molar-refractivity contribution in [3.8, 4) is 0 Å². The molecule has 3 unspecified atom stereocenters. The largest absolute Gasteiger partial charge is 0.393 e. The minimum Gasteiger partial charge on any atom is -0.393 e. The number of aliphatic hydroxyl groups excluding tert-OH is 1. The lowest BCUT2D eigenvalue weighted by Crippen LogP contribution is -2.35. The van der Waals surface area contributed by atoms with E-state index in [0.29, 0.717) is 0 Å². The Morgan fingerprint density at radius 1 is 1.60 bits per heavy atom. The van der Waals surface area contributed by atoms with Gasteiger partial charge in [-0.25, -0.2) is 0 Å². The molecule has 1 amide bonds. The van der Waals surface area contributed by atoms with Crippen molar-refractivity contribution in [2.24, 2.45) is 11.8 Å². The van der Waals surface area contributed by atoms with Gasteiger partial charge in [-0.1, -0.05) is 6.92 Å². The van der Waals surface area contributed by atoms with E-state index in [4.69, 9.17) is 0 Å². The van der Waals surface area contributed by atoms with Gasteiger partial charge in [0.05, 0.1) is 6.10 Å². The van der Waals surface area contributed by atoms with Crippen LogP contribution in [0.1, 0.15) is 19.8 Å². The fourth-order valence-electron chi connectivity index (χ4n) is 1.93. The highest BCUT2D eigenvalue weighted by molar-refractivity contribution is 5.85. The summed E-state index contributed by atoms with van der Waals surface area (Å²) < 4.78 is 0. The second-order valence-corrected chi connectivity index (χ2v) is 4.05. The Hall–Kier alpha value is -0.320. The number of carbonyl (C=O) groups excluding carboxylic acids is 1. The fourth-order valence-corrected chi connectivity index (χ4v) is 1.93. The molecule has 1 saturated heterocycles. The Bertz CT molecular complexity index is 202. The maximum absolute atomic E-state index is 11.4. The summed E-state index contributed by atoms with van der Waals surface area (Å²) in [5.74, 6) is 0.276. The summed E-state index contributed by atoms with van der Waals surface area (Å²) in [5.41, 5.74) is 0. The normalized spacial score (nSPS) is 28.5. The van der Waals surface area contributed by atoms with Crippen molar-refractivity contribution >= 4 is 18.3 Å². The van der Waals surface area contributed by atoms with E-state index in [9.17, 15) is 9.90 Å². The highest BCUT2D eigenvalue weighted by Gasteiger charge is 2.26. The second-order valence-electron chi connectivity index (χ2n) is 4.05. The van der Waals surface area contributed by atoms with Crippen molar-refractivity contribution in [3.63, 3.8) is 0 Å². The molecule has 0 aromatic carbocycles. The van der Waals surface area contributed by atoms with Crippen molar-refractivity contribution < 1.29 is 9.90 Å². The van der Waals surface area contributed by atoms with Crippen molar-refractivity contribution in [2.75, 3.05) is 20.1 Å². The zero-order valence-corrected chi connectivity index (χ0v) is 10.1. The van der Waals surface area contributed by atoms with Gasteiger partial charge in [-0.05, 0) is 31.8 Å². The topological polar surface area (TPSA) is 61.4 Å². The van der Waals surface area contributed by atoms with E-state index >= 15 is 0 Å². The molecule has 4 nitrogen and oxygen atoms in total. The smallest absolute Gasteiger partial charge is 0.222 e. The Kier molecular flexibility index (Phi) is 6.89.